The number of sulfone groups is 1. The monoisotopic (exact) mass is 419 g/mol. The summed E-state index contributed by atoms with van der Waals surface area (Å²) in [6.45, 7) is 7.47. The zero-order chi connectivity index (χ0) is 20.5. The number of fused-ring (bicyclic) bond motifs is 1. The highest BCUT2D eigenvalue weighted by molar-refractivity contribution is 8.42. The topological polar surface area (TPSA) is 106 Å². The number of nitrogens with one attached hydrogen (secondary N) is 1. The van der Waals surface area contributed by atoms with Crippen molar-refractivity contribution >= 4 is 54.6 Å². The zero-order valence-corrected chi connectivity index (χ0v) is 17.5. The number of rotatable bonds is 5. The molecule has 1 N–H and O–H groups in total. The molecule has 2 aliphatic rings. The number of hydrogen-bond donors (Lipinski definition) is 1. The molecule has 10 heteroatoms. The van der Waals surface area contributed by atoms with E-state index in [2.05, 4.69) is 28.8 Å². The van der Waals surface area contributed by atoms with Crippen molar-refractivity contribution in [3.8, 4) is 0 Å². The number of amides is 1. The number of amidine groups is 2. The van der Waals surface area contributed by atoms with E-state index < -0.39 is 15.7 Å². The van der Waals surface area contributed by atoms with E-state index in [4.69, 9.17) is 5.41 Å². The van der Waals surface area contributed by atoms with Gasteiger partial charge in [0, 0.05) is 18.8 Å². The molecule has 0 aliphatic carbocycles. The molecule has 0 radical (unpaired) electrons. The molecule has 1 aromatic carbocycles. The van der Waals surface area contributed by atoms with Gasteiger partial charge >= 0.3 is 0 Å². The van der Waals surface area contributed by atoms with Gasteiger partial charge in [-0.05, 0) is 49.4 Å². The van der Waals surface area contributed by atoms with Crippen LogP contribution in [0.3, 0.4) is 0 Å². The lowest BCUT2D eigenvalue weighted by Crippen LogP contribution is -2.35. The minimum atomic E-state index is -3.53. The van der Waals surface area contributed by atoms with Crippen LogP contribution in [0.1, 0.15) is 26.3 Å². The van der Waals surface area contributed by atoms with Crippen molar-refractivity contribution in [2.75, 3.05) is 23.7 Å². The first kappa shape index (κ1) is 20.3. The van der Waals surface area contributed by atoms with Crippen LogP contribution in [-0.4, -0.2) is 53.6 Å². The van der Waals surface area contributed by atoms with Crippen molar-refractivity contribution < 1.29 is 13.2 Å². The number of benzene rings is 1. The second kappa shape index (κ2) is 7.88. The summed E-state index contributed by atoms with van der Waals surface area (Å²) in [4.78, 5) is 18.5. The third-order valence-electron chi connectivity index (χ3n) is 4.41. The van der Waals surface area contributed by atoms with Crippen LogP contribution >= 0.6 is 11.8 Å². The van der Waals surface area contributed by atoms with Crippen LogP contribution < -0.4 is 4.90 Å². The minimum absolute atomic E-state index is 0.0684. The van der Waals surface area contributed by atoms with Gasteiger partial charge in [-0.25, -0.2) is 8.42 Å². The number of aliphatic imine (C=N–C) groups is 1. The van der Waals surface area contributed by atoms with E-state index in [9.17, 15) is 13.2 Å². The maximum atomic E-state index is 12.4. The Bertz CT molecular complexity index is 1010. The molecule has 148 valence electrons. The predicted molar refractivity (Wildman–Crippen MR) is 114 cm³/mol. The van der Waals surface area contributed by atoms with Gasteiger partial charge in [0.15, 0.2) is 5.84 Å². The average Bonchev–Trinajstić information content (AvgIpc) is 3.12. The summed E-state index contributed by atoms with van der Waals surface area (Å²) in [6.07, 6.45) is 1.57. The molecule has 0 spiro atoms. The van der Waals surface area contributed by atoms with Crippen LogP contribution in [0.4, 0.5) is 5.69 Å². The van der Waals surface area contributed by atoms with Gasteiger partial charge in [0.25, 0.3) is 5.91 Å². The van der Waals surface area contributed by atoms with E-state index in [1.165, 1.54) is 6.92 Å². The number of anilines is 1. The molecule has 0 aromatic heterocycles. The Labute approximate surface area is 168 Å². The Balaban J connectivity index is 1.90. The van der Waals surface area contributed by atoms with Crippen LogP contribution in [0.5, 0.6) is 0 Å². The van der Waals surface area contributed by atoms with Crippen LogP contribution in [0.25, 0.3) is 6.08 Å². The second-order valence-corrected chi connectivity index (χ2v) is 9.46. The normalized spacial score (nSPS) is 18.2. The van der Waals surface area contributed by atoms with Gasteiger partial charge in [0.1, 0.15) is 0 Å². The fraction of sp³-hybridized carbons (Fsp3) is 0.333. The molecule has 0 fully saturated rings. The third kappa shape index (κ3) is 3.74. The third-order valence-corrected chi connectivity index (χ3v) is 7.50. The number of hydrazone groups is 1. The van der Waals surface area contributed by atoms with Gasteiger partial charge in [0.05, 0.1) is 11.3 Å². The van der Waals surface area contributed by atoms with Crippen molar-refractivity contribution in [1.82, 2.24) is 5.01 Å². The van der Waals surface area contributed by atoms with Crippen LogP contribution in [0.2, 0.25) is 0 Å². The van der Waals surface area contributed by atoms with Gasteiger partial charge in [-0.3, -0.25) is 10.2 Å². The van der Waals surface area contributed by atoms with Gasteiger partial charge < -0.3 is 4.90 Å². The molecule has 1 aromatic rings. The van der Waals surface area contributed by atoms with E-state index in [0.29, 0.717) is 0 Å². The summed E-state index contributed by atoms with van der Waals surface area (Å²) in [5.74, 6) is -0.874. The fourth-order valence-corrected chi connectivity index (χ4v) is 4.92. The first-order chi connectivity index (χ1) is 13.3. The van der Waals surface area contributed by atoms with Crippen molar-refractivity contribution in [1.29, 1.82) is 5.41 Å². The fourth-order valence-electron chi connectivity index (χ4n) is 2.76. The molecular formula is C18H21N5O3S2. The molecule has 28 heavy (non-hydrogen) atoms. The maximum Gasteiger partial charge on any atom is 0.283 e. The van der Waals surface area contributed by atoms with E-state index in [0.717, 1.165) is 41.1 Å². The van der Waals surface area contributed by atoms with E-state index in [1.807, 2.05) is 24.3 Å². The Morgan fingerprint density at radius 2 is 1.82 bits per heavy atom. The molecule has 0 unspecified atom stereocenters. The number of hydrogen-bond acceptors (Lipinski definition) is 7. The summed E-state index contributed by atoms with van der Waals surface area (Å²) >= 11 is 0.796. The SMILES string of the molecule is CCN(CC)c1ccc(/C=C2\C(=N)N3N=C(S(=O)(=O)CC)SC3=NC2=O)cc1. The molecule has 0 saturated carbocycles. The lowest BCUT2D eigenvalue weighted by molar-refractivity contribution is -0.114. The standard InChI is InChI=1S/C18H21N5O3S2/c1-4-22(5-2)13-9-7-12(8-10-13)11-14-15(19)23-17(20-16(14)24)27-18(21-23)28(25,26)6-3/h7-11,19H,4-6H2,1-3H3/b14-11+,19-15?. The Hall–Kier alpha value is -2.46. The van der Waals surface area contributed by atoms with Gasteiger partial charge in [0.2, 0.25) is 19.4 Å². The van der Waals surface area contributed by atoms with Crippen LogP contribution in [0.15, 0.2) is 39.9 Å². The molecular weight excluding hydrogens is 398 g/mol. The molecule has 0 bridgehead atoms. The molecule has 3 rings (SSSR count). The Kier molecular flexibility index (Phi) is 5.71. The Morgan fingerprint density at radius 1 is 1.18 bits per heavy atom. The second-order valence-electron chi connectivity index (χ2n) is 6.05. The van der Waals surface area contributed by atoms with E-state index >= 15 is 0 Å². The average molecular weight is 420 g/mol. The molecule has 1 amide bonds. The summed E-state index contributed by atoms with van der Waals surface area (Å²) in [7, 11) is -3.53. The van der Waals surface area contributed by atoms with Crippen molar-refractivity contribution in [2.45, 2.75) is 20.8 Å². The van der Waals surface area contributed by atoms with Crippen molar-refractivity contribution in [2.24, 2.45) is 10.1 Å². The highest BCUT2D eigenvalue weighted by Gasteiger charge is 2.39. The van der Waals surface area contributed by atoms with Crippen molar-refractivity contribution in [3.63, 3.8) is 0 Å². The number of carbonyl (C=O) groups excluding carboxylic acids is 1. The van der Waals surface area contributed by atoms with E-state index in [1.54, 1.807) is 6.08 Å². The lowest BCUT2D eigenvalue weighted by Gasteiger charge is -2.21. The Morgan fingerprint density at radius 3 is 2.39 bits per heavy atom. The van der Waals surface area contributed by atoms with Gasteiger partial charge in [-0.15, -0.1) is 5.10 Å². The maximum absolute atomic E-state index is 12.4. The van der Waals surface area contributed by atoms with Crippen molar-refractivity contribution in [3.05, 3.63) is 35.4 Å². The zero-order valence-electron chi connectivity index (χ0n) is 15.8. The van der Waals surface area contributed by atoms with Crippen LogP contribution in [-0.2, 0) is 14.6 Å². The minimum Gasteiger partial charge on any atom is -0.372 e. The van der Waals surface area contributed by atoms with E-state index in [-0.39, 0.29) is 26.7 Å². The summed E-state index contributed by atoms with van der Waals surface area (Å²) < 4.78 is 23.9. The number of carbonyl (C=O) groups is 1. The quantitative estimate of drug-likeness (QED) is 0.735. The highest BCUT2D eigenvalue weighted by atomic mass is 32.3. The highest BCUT2D eigenvalue weighted by Crippen LogP contribution is 2.30. The number of nitrogens with zero attached hydrogens (tertiary/aromatic N) is 4. The number of thioether (sulfide) groups is 1. The summed E-state index contributed by atoms with van der Waals surface area (Å²) in [6, 6.07) is 7.66. The molecule has 2 aliphatic heterocycles. The lowest BCUT2D eigenvalue weighted by atomic mass is 10.1. The van der Waals surface area contributed by atoms with Gasteiger partial charge in [-0.2, -0.15) is 10.0 Å². The largest absolute Gasteiger partial charge is 0.372 e. The van der Waals surface area contributed by atoms with Gasteiger partial charge in [-0.1, -0.05) is 19.1 Å². The summed E-state index contributed by atoms with van der Waals surface area (Å²) in [5, 5.41) is 13.5. The first-order valence-corrected chi connectivity index (χ1v) is 11.4. The smallest absolute Gasteiger partial charge is 0.283 e. The predicted octanol–water partition coefficient (Wildman–Crippen LogP) is 2.54. The van der Waals surface area contributed by atoms with Crippen LogP contribution in [0, 0.1) is 5.41 Å². The molecule has 0 saturated heterocycles. The molecule has 2 heterocycles. The summed E-state index contributed by atoms with van der Waals surface area (Å²) in [5.41, 5.74) is 1.89. The molecule has 8 nitrogen and oxygen atoms in total. The first-order valence-electron chi connectivity index (χ1n) is 8.88. The molecule has 0 atom stereocenters.